The Labute approximate surface area is 127 Å². The molecular formula is C15H27N3O3. The predicted molar refractivity (Wildman–Crippen MR) is 80.1 cm³/mol. The van der Waals surface area contributed by atoms with Crippen molar-refractivity contribution in [3.8, 4) is 0 Å². The number of amides is 2. The molecule has 0 spiro atoms. The molecule has 120 valence electrons. The summed E-state index contributed by atoms with van der Waals surface area (Å²) in [6.45, 7) is 8.49. The molecule has 2 rings (SSSR count). The lowest BCUT2D eigenvalue weighted by Gasteiger charge is -2.37. The number of piperazine rings is 1. The highest BCUT2D eigenvalue weighted by molar-refractivity contribution is 5.78. The molecule has 0 aromatic carbocycles. The topological polar surface area (TPSA) is 53.1 Å². The summed E-state index contributed by atoms with van der Waals surface area (Å²) in [5.74, 6) is 0.229. The number of carbonyl (C=O) groups excluding carboxylic acids is 2. The Hall–Kier alpha value is -1.30. The molecule has 1 unspecified atom stereocenters. The van der Waals surface area contributed by atoms with Gasteiger partial charge < -0.3 is 14.5 Å². The van der Waals surface area contributed by atoms with Gasteiger partial charge in [-0.1, -0.05) is 0 Å². The Morgan fingerprint density at radius 3 is 2.43 bits per heavy atom. The number of nitrogens with zero attached hydrogens (tertiary/aromatic N) is 3. The maximum atomic E-state index is 12.4. The largest absolute Gasteiger partial charge is 0.450 e. The van der Waals surface area contributed by atoms with Crippen molar-refractivity contribution < 1.29 is 14.3 Å². The highest BCUT2D eigenvalue weighted by Crippen LogP contribution is 2.17. The Balaban J connectivity index is 1.75. The number of carbonyl (C=O) groups is 2. The number of rotatable bonds is 3. The zero-order valence-electron chi connectivity index (χ0n) is 13.2. The molecule has 6 heteroatoms. The van der Waals surface area contributed by atoms with Crippen LogP contribution in [-0.4, -0.2) is 78.6 Å². The average molecular weight is 297 g/mol. The summed E-state index contributed by atoms with van der Waals surface area (Å²) in [5, 5.41) is 0. The minimum atomic E-state index is -0.242. The van der Waals surface area contributed by atoms with E-state index in [0.717, 1.165) is 32.5 Å². The maximum absolute atomic E-state index is 12.4. The van der Waals surface area contributed by atoms with Crippen LogP contribution in [-0.2, 0) is 9.53 Å². The van der Waals surface area contributed by atoms with Gasteiger partial charge in [-0.05, 0) is 33.1 Å². The van der Waals surface area contributed by atoms with Crippen LogP contribution in [0, 0.1) is 0 Å². The van der Waals surface area contributed by atoms with Crippen LogP contribution in [0.1, 0.15) is 33.1 Å². The average Bonchev–Trinajstić information content (AvgIpc) is 2.48. The van der Waals surface area contributed by atoms with Crippen molar-refractivity contribution in [3.63, 3.8) is 0 Å². The molecule has 2 saturated heterocycles. The highest BCUT2D eigenvalue weighted by Gasteiger charge is 2.27. The third-order valence-electron chi connectivity index (χ3n) is 4.38. The number of hydrogen-bond acceptors (Lipinski definition) is 4. The minimum absolute atomic E-state index is 0.229. The van der Waals surface area contributed by atoms with E-state index < -0.39 is 0 Å². The van der Waals surface area contributed by atoms with Crippen LogP contribution in [0.2, 0.25) is 0 Å². The number of piperidine rings is 1. The lowest BCUT2D eigenvalue weighted by molar-refractivity contribution is -0.136. The van der Waals surface area contributed by atoms with Crippen LogP contribution >= 0.6 is 0 Å². The van der Waals surface area contributed by atoms with E-state index in [1.54, 1.807) is 4.90 Å². The first-order valence-electron chi connectivity index (χ1n) is 8.05. The Morgan fingerprint density at radius 2 is 1.81 bits per heavy atom. The molecule has 0 N–H and O–H groups in total. The van der Waals surface area contributed by atoms with Gasteiger partial charge in [0.25, 0.3) is 0 Å². The van der Waals surface area contributed by atoms with E-state index in [1.165, 1.54) is 6.42 Å². The zero-order chi connectivity index (χ0) is 15.2. The molecule has 0 saturated carbocycles. The first-order valence-corrected chi connectivity index (χ1v) is 8.05. The van der Waals surface area contributed by atoms with Gasteiger partial charge in [0.05, 0.1) is 13.2 Å². The fourth-order valence-corrected chi connectivity index (χ4v) is 3.05. The van der Waals surface area contributed by atoms with Crippen molar-refractivity contribution in [2.75, 3.05) is 45.9 Å². The highest BCUT2D eigenvalue weighted by atomic mass is 16.6. The molecule has 2 aliphatic heterocycles. The van der Waals surface area contributed by atoms with Gasteiger partial charge in [0, 0.05) is 38.8 Å². The van der Waals surface area contributed by atoms with E-state index in [-0.39, 0.29) is 12.0 Å². The van der Waals surface area contributed by atoms with Gasteiger partial charge in [-0.15, -0.1) is 0 Å². The summed E-state index contributed by atoms with van der Waals surface area (Å²) in [5.41, 5.74) is 0. The summed E-state index contributed by atoms with van der Waals surface area (Å²) in [7, 11) is 0. The summed E-state index contributed by atoms with van der Waals surface area (Å²) in [6, 6.07) is 0.368. The Kier molecular flexibility index (Phi) is 5.85. The second kappa shape index (κ2) is 7.64. The van der Waals surface area contributed by atoms with Crippen LogP contribution in [0.3, 0.4) is 0 Å². The van der Waals surface area contributed by atoms with Crippen LogP contribution in [0.4, 0.5) is 4.79 Å². The molecule has 0 bridgehead atoms. The number of ether oxygens (including phenoxy) is 1. The maximum Gasteiger partial charge on any atom is 0.409 e. The molecule has 1 atom stereocenters. The van der Waals surface area contributed by atoms with Crippen molar-refractivity contribution >= 4 is 12.0 Å². The summed E-state index contributed by atoms with van der Waals surface area (Å²) < 4.78 is 5.00. The van der Waals surface area contributed by atoms with Gasteiger partial charge in [0.15, 0.2) is 0 Å². The smallest absolute Gasteiger partial charge is 0.409 e. The SMILES string of the molecule is CCOC(=O)N1CCN(CC(=O)N2CCCCC2C)CC1. The summed E-state index contributed by atoms with van der Waals surface area (Å²) >= 11 is 0. The van der Waals surface area contributed by atoms with E-state index in [9.17, 15) is 9.59 Å². The Bertz CT molecular complexity index is 367. The molecule has 2 amide bonds. The first kappa shape index (κ1) is 16.1. The summed E-state index contributed by atoms with van der Waals surface area (Å²) in [4.78, 5) is 29.9. The van der Waals surface area contributed by atoms with Gasteiger partial charge in [0.2, 0.25) is 5.91 Å². The van der Waals surface area contributed by atoms with Crippen molar-refractivity contribution in [1.82, 2.24) is 14.7 Å². The molecule has 2 fully saturated rings. The third-order valence-corrected chi connectivity index (χ3v) is 4.38. The molecule has 21 heavy (non-hydrogen) atoms. The second-order valence-electron chi connectivity index (χ2n) is 5.89. The number of likely N-dealkylation sites (tertiary alicyclic amines) is 1. The van der Waals surface area contributed by atoms with E-state index in [0.29, 0.717) is 32.3 Å². The molecule has 0 aromatic heterocycles. The van der Waals surface area contributed by atoms with Crippen molar-refractivity contribution in [1.29, 1.82) is 0 Å². The van der Waals surface area contributed by atoms with E-state index in [2.05, 4.69) is 11.8 Å². The van der Waals surface area contributed by atoms with Crippen LogP contribution in [0.25, 0.3) is 0 Å². The fourth-order valence-electron chi connectivity index (χ4n) is 3.05. The Morgan fingerprint density at radius 1 is 1.10 bits per heavy atom. The van der Waals surface area contributed by atoms with E-state index in [4.69, 9.17) is 4.74 Å². The van der Waals surface area contributed by atoms with Gasteiger partial charge >= 0.3 is 6.09 Å². The molecule has 0 aliphatic carbocycles. The lowest BCUT2D eigenvalue weighted by atomic mass is 10.0. The van der Waals surface area contributed by atoms with Crippen molar-refractivity contribution in [3.05, 3.63) is 0 Å². The molecule has 0 radical (unpaired) electrons. The van der Waals surface area contributed by atoms with E-state index in [1.807, 2.05) is 11.8 Å². The molecular weight excluding hydrogens is 270 g/mol. The van der Waals surface area contributed by atoms with Gasteiger partial charge in [-0.2, -0.15) is 0 Å². The second-order valence-corrected chi connectivity index (χ2v) is 5.89. The van der Waals surface area contributed by atoms with Gasteiger partial charge in [-0.25, -0.2) is 4.79 Å². The molecule has 2 aliphatic rings. The quantitative estimate of drug-likeness (QED) is 0.784. The first-order chi connectivity index (χ1) is 10.1. The van der Waals surface area contributed by atoms with Gasteiger partial charge in [0.1, 0.15) is 0 Å². The van der Waals surface area contributed by atoms with E-state index >= 15 is 0 Å². The van der Waals surface area contributed by atoms with Crippen molar-refractivity contribution in [2.24, 2.45) is 0 Å². The monoisotopic (exact) mass is 297 g/mol. The normalized spacial score (nSPS) is 24.0. The summed E-state index contributed by atoms with van der Waals surface area (Å²) in [6.07, 6.45) is 3.21. The standard InChI is InChI=1S/C15H27N3O3/c1-3-21-15(20)17-10-8-16(9-11-17)12-14(19)18-7-5-4-6-13(18)2/h13H,3-12H2,1-2H3. The predicted octanol–water partition coefficient (Wildman–Crippen LogP) is 1.16. The van der Waals surface area contributed by atoms with Crippen LogP contribution in [0.15, 0.2) is 0 Å². The molecule has 0 aromatic rings. The minimum Gasteiger partial charge on any atom is -0.450 e. The molecule has 6 nitrogen and oxygen atoms in total. The van der Waals surface area contributed by atoms with Crippen LogP contribution < -0.4 is 0 Å². The van der Waals surface area contributed by atoms with Crippen molar-refractivity contribution in [2.45, 2.75) is 39.2 Å². The molecule has 2 heterocycles. The fraction of sp³-hybridized carbons (Fsp3) is 0.867. The lowest BCUT2D eigenvalue weighted by Crippen LogP contribution is -2.53. The number of hydrogen-bond donors (Lipinski definition) is 0. The third kappa shape index (κ3) is 4.33. The zero-order valence-corrected chi connectivity index (χ0v) is 13.2. The van der Waals surface area contributed by atoms with Crippen LogP contribution in [0.5, 0.6) is 0 Å². The van der Waals surface area contributed by atoms with Gasteiger partial charge in [-0.3, -0.25) is 9.69 Å².